The Labute approximate surface area is 166 Å². The fourth-order valence-electron chi connectivity index (χ4n) is 3.04. The van der Waals surface area contributed by atoms with Crippen LogP contribution < -0.4 is 9.47 Å². The molecule has 0 saturated heterocycles. The Balaban J connectivity index is 1.77. The van der Waals surface area contributed by atoms with Crippen LogP contribution >= 0.6 is 0 Å². The quantitative estimate of drug-likeness (QED) is 0.628. The second kappa shape index (κ2) is 8.91. The second-order valence-corrected chi connectivity index (χ2v) is 6.92. The van der Waals surface area contributed by atoms with E-state index >= 15 is 0 Å². The van der Waals surface area contributed by atoms with Crippen LogP contribution in [0.1, 0.15) is 40.0 Å². The predicted octanol–water partition coefficient (Wildman–Crippen LogP) is 4.66. The van der Waals surface area contributed by atoms with E-state index in [1.807, 2.05) is 62.4 Å². The van der Waals surface area contributed by atoms with Gasteiger partial charge in [0.15, 0.2) is 11.5 Å². The lowest BCUT2D eigenvalue weighted by Crippen LogP contribution is -2.11. The molecule has 3 aromatic carbocycles. The zero-order chi connectivity index (χ0) is 20.1. The lowest BCUT2D eigenvalue weighted by atomic mass is 9.95. The molecule has 2 N–H and O–H groups in total. The molecule has 2 unspecified atom stereocenters. The van der Waals surface area contributed by atoms with E-state index in [1.54, 1.807) is 25.3 Å². The normalized spacial score (nSPS) is 13.0. The Hall–Kier alpha value is -2.82. The van der Waals surface area contributed by atoms with Crippen molar-refractivity contribution >= 4 is 0 Å². The highest BCUT2D eigenvalue weighted by Crippen LogP contribution is 2.35. The standard InChI is InChI=1S/C24H26O4/c1-16-9-10-19(13-17(16)2)23(25)24(26)20-11-12-21(22(14-20)27-3)28-15-18-7-5-4-6-8-18/h4-14,23-26H,15H2,1-3H3. The van der Waals surface area contributed by atoms with E-state index in [2.05, 4.69) is 0 Å². The molecule has 4 heteroatoms. The van der Waals surface area contributed by atoms with Crippen molar-refractivity contribution in [2.75, 3.05) is 7.11 Å². The van der Waals surface area contributed by atoms with Crippen molar-refractivity contribution in [1.82, 2.24) is 0 Å². The molecule has 28 heavy (non-hydrogen) atoms. The van der Waals surface area contributed by atoms with Crippen LogP contribution in [0.2, 0.25) is 0 Å². The third kappa shape index (κ3) is 4.53. The Morgan fingerprint density at radius 2 is 1.39 bits per heavy atom. The zero-order valence-electron chi connectivity index (χ0n) is 16.4. The molecule has 0 bridgehead atoms. The van der Waals surface area contributed by atoms with Gasteiger partial charge in [0.2, 0.25) is 0 Å². The molecule has 0 fully saturated rings. The van der Waals surface area contributed by atoms with Crippen molar-refractivity contribution in [3.63, 3.8) is 0 Å². The summed E-state index contributed by atoms with van der Waals surface area (Å²) in [6.45, 7) is 4.42. The van der Waals surface area contributed by atoms with Crippen LogP contribution in [0.15, 0.2) is 66.7 Å². The highest BCUT2D eigenvalue weighted by Gasteiger charge is 2.22. The van der Waals surface area contributed by atoms with Crippen molar-refractivity contribution in [3.8, 4) is 11.5 Å². The first-order valence-electron chi connectivity index (χ1n) is 9.27. The first-order chi connectivity index (χ1) is 13.5. The fourth-order valence-corrected chi connectivity index (χ4v) is 3.04. The molecular formula is C24H26O4. The van der Waals surface area contributed by atoms with Crippen LogP contribution in [-0.2, 0) is 6.61 Å². The second-order valence-electron chi connectivity index (χ2n) is 6.92. The SMILES string of the molecule is COc1cc(C(O)C(O)c2ccc(C)c(C)c2)ccc1OCc1ccccc1. The predicted molar refractivity (Wildman–Crippen MR) is 110 cm³/mol. The van der Waals surface area contributed by atoms with Gasteiger partial charge in [-0.1, -0.05) is 54.6 Å². The van der Waals surface area contributed by atoms with Crippen LogP contribution in [0.4, 0.5) is 0 Å². The minimum atomic E-state index is -1.07. The number of benzene rings is 3. The summed E-state index contributed by atoms with van der Waals surface area (Å²) in [7, 11) is 1.56. The van der Waals surface area contributed by atoms with Crippen LogP contribution in [0.3, 0.4) is 0 Å². The maximum atomic E-state index is 10.7. The smallest absolute Gasteiger partial charge is 0.161 e. The Bertz CT molecular complexity index is 921. The molecule has 0 aliphatic carbocycles. The summed E-state index contributed by atoms with van der Waals surface area (Å²) in [5, 5.41) is 21.3. The minimum absolute atomic E-state index is 0.421. The largest absolute Gasteiger partial charge is 0.493 e. The van der Waals surface area contributed by atoms with Gasteiger partial charge >= 0.3 is 0 Å². The van der Waals surface area contributed by atoms with E-state index in [1.165, 1.54) is 0 Å². The van der Waals surface area contributed by atoms with Crippen LogP contribution in [0.5, 0.6) is 11.5 Å². The van der Waals surface area contributed by atoms with Crippen LogP contribution in [0.25, 0.3) is 0 Å². The third-order valence-electron chi connectivity index (χ3n) is 4.94. The average Bonchev–Trinajstić information content (AvgIpc) is 2.73. The van der Waals surface area contributed by atoms with Gasteiger partial charge < -0.3 is 19.7 Å². The van der Waals surface area contributed by atoms with Crippen molar-refractivity contribution < 1.29 is 19.7 Å². The fraction of sp³-hybridized carbons (Fsp3) is 0.250. The maximum Gasteiger partial charge on any atom is 0.161 e. The van der Waals surface area contributed by atoms with Gasteiger partial charge in [-0.3, -0.25) is 0 Å². The molecule has 0 aromatic heterocycles. The topological polar surface area (TPSA) is 58.9 Å². The molecular weight excluding hydrogens is 352 g/mol. The number of hydrogen-bond donors (Lipinski definition) is 2. The van der Waals surface area contributed by atoms with E-state index in [0.29, 0.717) is 29.2 Å². The van der Waals surface area contributed by atoms with Crippen LogP contribution in [-0.4, -0.2) is 17.3 Å². The summed E-state index contributed by atoms with van der Waals surface area (Å²) in [5.41, 5.74) is 4.52. The van der Waals surface area contributed by atoms with Gasteiger partial charge in [-0.05, 0) is 53.8 Å². The number of aliphatic hydroxyl groups is 2. The van der Waals surface area contributed by atoms with Gasteiger partial charge in [-0.2, -0.15) is 0 Å². The first-order valence-corrected chi connectivity index (χ1v) is 9.27. The van der Waals surface area contributed by atoms with Gasteiger partial charge in [0.25, 0.3) is 0 Å². The summed E-state index contributed by atoms with van der Waals surface area (Å²) < 4.78 is 11.3. The number of rotatable bonds is 7. The van der Waals surface area contributed by atoms with Gasteiger partial charge in [-0.25, -0.2) is 0 Å². The lowest BCUT2D eigenvalue weighted by Gasteiger charge is -2.21. The van der Waals surface area contributed by atoms with Gasteiger partial charge in [0.05, 0.1) is 7.11 Å². The van der Waals surface area contributed by atoms with Crippen LogP contribution in [0, 0.1) is 13.8 Å². The van der Waals surface area contributed by atoms with Crippen molar-refractivity contribution in [2.24, 2.45) is 0 Å². The lowest BCUT2D eigenvalue weighted by molar-refractivity contribution is 0.0170. The Morgan fingerprint density at radius 3 is 2.04 bits per heavy atom. The molecule has 3 aromatic rings. The summed E-state index contributed by atoms with van der Waals surface area (Å²) in [6.07, 6.45) is -2.10. The average molecular weight is 378 g/mol. The molecule has 0 saturated carbocycles. The van der Waals surface area contributed by atoms with E-state index in [-0.39, 0.29) is 0 Å². The van der Waals surface area contributed by atoms with E-state index in [0.717, 1.165) is 16.7 Å². The van der Waals surface area contributed by atoms with E-state index in [9.17, 15) is 10.2 Å². The minimum Gasteiger partial charge on any atom is -0.493 e. The molecule has 2 atom stereocenters. The summed E-state index contributed by atoms with van der Waals surface area (Å²) in [4.78, 5) is 0. The van der Waals surface area contributed by atoms with Gasteiger partial charge in [0, 0.05) is 0 Å². The molecule has 3 rings (SSSR count). The molecule has 0 aliphatic rings. The highest BCUT2D eigenvalue weighted by molar-refractivity contribution is 5.44. The zero-order valence-corrected chi connectivity index (χ0v) is 16.4. The molecule has 0 radical (unpaired) electrons. The van der Waals surface area contributed by atoms with Gasteiger partial charge in [0.1, 0.15) is 18.8 Å². The van der Waals surface area contributed by atoms with E-state index in [4.69, 9.17) is 9.47 Å². The third-order valence-corrected chi connectivity index (χ3v) is 4.94. The van der Waals surface area contributed by atoms with Crippen molar-refractivity contribution in [2.45, 2.75) is 32.7 Å². The first kappa shape index (κ1) is 19.9. The highest BCUT2D eigenvalue weighted by atomic mass is 16.5. The van der Waals surface area contributed by atoms with Crippen molar-refractivity contribution in [3.05, 3.63) is 94.5 Å². The van der Waals surface area contributed by atoms with E-state index < -0.39 is 12.2 Å². The molecule has 0 aliphatic heterocycles. The summed E-state index contributed by atoms with van der Waals surface area (Å²) in [6, 6.07) is 20.8. The number of ether oxygens (including phenoxy) is 2. The molecule has 0 spiro atoms. The van der Waals surface area contributed by atoms with Gasteiger partial charge in [-0.15, -0.1) is 0 Å². The van der Waals surface area contributed by atoms with Crippen molar-refractivity contribution in [1.29, 1.82) is 0 Å². The number of aryl methyl sites for hydroxylation is 2. The number of aliphatic hydroxyl groups excluding tert-OH is 2. The Morgan fingerprint density at radius 1 is 0.750 bits per heavy atom. The molecule has 146 valence electrons. The summed E-state index contributed by atoms with van der Waals surface area (Å²) >= 11 is 0. The Kier molecular flexibility index (Phi) is 6.34. The summed E-state index contributed by atoms with van der Waals surface area (Å²) in [5.74, 6) is 1.10. The monoisotopic (exact) mass is 378 g/mol. The number of hydrogen-bond acceptors (Lipinski definition) is 4. The molecule has 0 heterocycles. The number of methoxy groups -OCH3 is 1. The molecule has 4 nitrogen and oxygen atoms in total. The maximum absolute atomic E-state index is 10.7. The molecule has 0 amide bonds.